The van der Waals surface area contributed by atoms with Crippen LogP contribution in [0.5, 0.6) is 0 Å². The van der Waals surface area contributed by atoms with Gasteiger partial charge in [-0.3, -0.25) is 4.79 Å². The molecule has 2 aromatic rings. The van der Waals surface area contributed by atoms with Crippen molar-refractivity contribution >= 4 is 22.4 Å². The van der Waals surface area contributed by atoms with Crippen LogP contribution < -0.4 is 10.6 Å². The van der Waals surface area contributed by atoms with E-state index in [2.05, 4.69) is 20.8 Å². The third kappa shape index (κ3) is 3.29. The molecule has 0 saturated carbocycles. The molecule has 0 aliphatic rings. The molecule has 1 unspecified atom stereocenters. The Kier molecular flexibility index (Phi) is 4.46. The maximum Gasteiger partial charge on any atom is 0.282 e. The van der Waals surface area contributed by atoms with Gasteiger partial charge < -0.3 is 10.6 Å². The molecule has 1 aromatic heterocycles. The van der Waals surface area contributed by atoms with Crippen LogP contribution in [0.25, 0.3) is 0 Å². The van der Waals surface area contributed by atoms with Crippen molar-refractivity contribution in [1.82, 2.24) is 15.5 Å². The molecule has 0 radical (unpaired) electrons. The third-order valence-corrected chi connectivity index (χ3v) is 3.69. The largest absolute Gasteiger partial charge is 0.363 e. The lowest BCUT2D eigenvalue weighted by atomic mass is 10.0. The first-order chi connectivity index (χ1) is 9.24. The Balaban J connectivity index is 2.08. The molecule has 2 N–H and O–H groups in total. The summed E-state index contributed by atoms with van der Waals surface area (Å²) in [7, 11) is 1.75. The summed E-state index contributed by atoms with van der Waals surface area (Å²) in [6.07, 6.45) is 0.827. The maximum absolute atomic E-state index is 12.1. The van der Waals surface area contributed by atoms with Gasteiger partial charge in [0.1, 0.15) is 0 Å². The highest BCUT2D eigenvalue weighted by atomic mass is 32.1. The van der Waals surface area contributed by atoms with Crippen molar-refractivity contribution in [2.75, 3.05) is 12.4 Å². The number of carbonyl (C=O) groups excluding carboxylic acids is 1. The Hall–Kier alpha value is -1.95. The van der Waals surface area contributed by atoms with Crippen LogP contribution in [0.1, 0.15) is 34.8 Å². The average Bonchev–Trinajstić information content (AvgIpc) is 2.94. The zero-order valence-electron chi connectivity index (χ0n) is 10.9. The van der Waals surface area contributed by atoms with Crippen LogP contribution in [0.3, 0.4) is 0 Å². The number of hydrogen-bond donors (Lipinski definition) is 2. The first-order valence-electron chi connectivity index (χ1n) is 6.11. The van der Waals surface area contributed by atoms with Gasteiger partial charge in [0.2, 0.25) is 10.1 Å². The SMILES string of the molecule is CCC(NC(=O)c1nnc(NC)s1)c1ccccc1. The fourth-order valence-corrected chi connectivity index (χ4v) is 2.34. The summed E-state index contributed by atoms with van der Waals surface area (Å²) >= 11 is 1.24. The molecule has 6 heteroatoms. The van der Waals surface area contributed by atoms with E-state index in [0.29, 0.717) is 10.1 Å². The van der Waals surface area contributed by atoms with Gasteiger partial charge in [0.05, 0.1) is 6.04 Å². The van der Waals surface area contributed by atoms with Gasteiger partial charge in [0.15, 0.2) is 0 Å². The van der Waals surface area contributed by atoms with Gasteiger partial charge in [-0.25, -0.2) is 0 Å². The molecular formula is C13H16N4OS. The lowest BCUT2D eigenvalue weighted by Crippen LogP contribution is -2.28. The monoisotopic (exact) mass is 276 g/mol. The van der Waals surface area contributed by atoms with Gasteiger partial charge >= 0.3 is 0 Å². The third-order valence-electron chi connectivity index (χ3n) is 2.75. The lowest BCUT2D eigenvalue weighted by molar-refractivity contribution is 0.0934. The summed E-state index contributed by atoms with van der Waals surface area (Å²) in [6.45, 7) is 2.04. The van der Waals surface area contributed by atoms with Crippen LogP contribution >= 0.6 is 11.3 Å². The molecule has 5 nitrogen and oxygen atoms in total. The van der Waals surface area contributed by atoms with Crippen LogP contribution in [-0.4, -0.2) is 23.2 Å². The van der Waals surface area contributed by atoms with Gasteiger partial charge in [0, 0.05) is 7.05 Å². The molecule has 1 amide bonds. The fourth-order valence-electron chi connectivity index (χ4n) is 1.74. The van der Waals surface area contributed by atoms with Crippen molar-refractivity contribution in [1.29, 1.82) is 0 Å². The van der Waals surface area contributed by atoms with Crippen molar-refractivity contribution in [3.63, 3.8) is 0 Å². The van der Waals surface area contributed by atoms with Crippen molar-refractivity contribution in [3.8, 4) is 0 Å². The van der Waals surface area contributed by atoms with Gasteiger partial charge in [-0.2, -0.15) is 0 Å². The number of aromatic nitrogens is 2. The highest BCUT2D eigenvalue weighted by Crippen LogP contribution is 2.19. The summed E-state index contributed by atoms with van der Waals surface area (Å²) < 4.78 is 0. The van der Waals surface area contributed by atoms with Crippen molar-refractivity contribution < 1.29 is 4.79 Å². The molecule has 0 saturated heterocycles. The Morgan fingerprint density at radius 2 is 2.05 bits per heavy atom. The zero-order valence-corrected chi connectivity index (χ0v) is 11.7. The number of amides is 1. The van der Waals surface area contributed by atoms with Crippen LogP contribution in [-0.2, 0) is 0 Å². The number of anilines is 1. The van der Waals surface area contributed by atoms with Crippen molar-refractivity contribution in [2.24, 2.45) is 0 Å². The second-order valence-corrected chi connectivity index (χ2v) is 4.98. The first-order valence-corrected chi connectivity index (χ1v) is 6.93. The average molecular weight is 276 g/mol. The van der Waals surface area contributed by atoms with Crippen LogP contribution in [0.2, 0.25) is 0 Å². The van der Waals surface area contributed by atoms with E-state index >= 15 is 0 Å². The molecule has 1 atom stereocenters. The molecule has 0 aliphatic heterocycles. The second-order valence-electron chi connectivity index (χ2n) is 4.01. The number of nitrogens with zero attached hydrogens (tertiary/aromatic N) is 2. The van der Waals surface area contributed by atoms with Gasteiger partial charge in [-0.05, 0) is 12.0 Å². The quantitative estimate of drug-likeness (QED) is 0.880. The Bertz CT molecular complexity index is 541. The Labute approximate surface area is 116 Å². The number of carbonyl (C=O) groups is 1. The van der Waals surface area contributed by atoms with Crippen molar-refractivity contribution in [3.05, 3.63) is 40.9 Å². The minimum absolute atomic E-state index is 0.00404. The minimum Gasteiger partial charge on any atom is -0.363 e. The predicted molar refractivity (Wildman–Crippen MR) is 76.4 cm³/mol. The summed E-state index contributed by atoms with van der Waals surface area (Å²) in [5, 5.41) is 14.6. The van der Waals surface area contributed by atoms with E-state index < -0.39 is 0 Å². The van der Waals surface area contributed by atoms with E-state index in [0.717, 1.165) is 12.0 Å². The molecule has 0 fully saturated rings. The normalized spacial score (nSPS) is 11.9. The highest BCUT2D eigenvalue weighted by Gasteiger charge is 2.17. The molecule has 0 aliphatic carbocycles. The second kappa shape index (κ2) is 6.29. The minimum atomic E-state index is -0.185. The van der Waals surface area contributed by atoms with E-state index in [1.165, 1.54) is 11.3 Å². The number of rotatable bonds is 5. The van der Waals surface area contributed by atoms with Crippen molar-refractivity contribution in [2.45, 2.75) is 19.4 Å². The summed E-state index contributed by atoms with van der Waals surface area (Å²) in [5.41, 5.74) is 1.09. The smallest absolute Gasteiger partial charge is 0.282 e. The zero-order chi connectivity index (χ0) is 13.7. The topological polar surface area (TPSA) is 66.9 Å². The number of nitrogens with one attached hydrogen (secondary N) is 2. The molecule has 0 bridgehead atoms. The lowest BCUT2D eigenvalue weighted by Gasteiger charge is -2.16. The van der Waals surface area contributed by atoms with E-state index in [1.54, 1.807) is 7.05 Å². The van der Waals surface area contributed by atoms with Gasteiger partial charge in [-0.15, -0.1) is 10.2 Å². The van der Waals surface area contributed by atoms with Gasteiger partial charge in [0.25, 0.3) is 5.91 Å². The Morgan fingerprint density at radius 3 is 2.63 bits per heavy atom. The molecule has 100 valence electrons. The highest BCUT2D eigenvalue weighted by molar-refractivity contribution is 7.17. The number of benzene rings is 1. The summed E-state index contributed by atoms with van der Waals surface area (Å²) in [4.78, 5) is 12.1. The molecule has 1 aromatic carbocycles. The molecule has 19 heavy (non-hydrogen) atoms. The van der Waals surface area contributed by atoms with E-state index in [-0.39, 0.29) is 11.9 Å². The number of hydrogen-bond acceptors (Lipinski definition) is 5. The molecule has 0 spiro atoms. The van der Waals surface area contributed by atoms with Crippen LogP contribution in [0, 0.1) is 0 Å². The first kappa shape index (κ1) is 13.5. The van der Waals surface area contributed by atoms with E-state index in [4.69, 9.17) is 0 Å². The maximum atomic E-state index is 12.1. The van der Waals surface area contributed by atoms with E-state index in [1.807, 2.05) is 37.3 Å². The molecule has 1 heterocycles. The molecular weight excluding hydrogens is 260 g/mol. The Morgan fingerprint density at radius 1 is 1.32 bits per heavy atom. The fraction of sp³-hybridized carbons (Fsp3) is 0.308. The van der Waals surface area contributed by atoms with E-state index in [9.17, 15) is 4.79 Å². The van der Waals surface area contributed by atoms with Gasteiger partial charge in [-0.1, -0.05) is 48.6 Å². The summed E-state index contributed by atoms with van der Waals surface area (Å²) in [6, 6.07) is 9.90. The molecule has 2 rings (SSSR count). The predicted octanol–water partition coefficient (Wildman–Crippen LogP) is 2.46. The van der Waals surface area contributed by atoms with Crippen LogP contribution in [0.4, 0.5) is 5.13 Å². The summed E-state index contributed by atoms with van der Waals surface area (Å²) in [5.74, 6) is -0.185. The standard InChI is InChI=1S/C13H16N4OS/c1-3-10(9-7-5-4-6-8-9)15-11(18)12-16-17-13(14-2)19-12/h4-8,10H,3H2,1-2H3,(H,14,17)(H,15,18). The van der Waals surface area contributed by atoms with Crippen LogP contribution in [0.15, 0.2) is 30.3 Å².